The number of benzene rings is 1. The van der Waals surface area contributed by atoms with E-state index < -0.39 is 0 Å². The van der Waals surface area contributed by atoms with Gasteiger partial charge >= 0.3 is 0 Å². The Morgan fingerprint density at radius 3 is 2.95 bits per heavy atom. The largest absolute Gasteiger partial charge is 0.504 e. The van der Waals surface area contributed by atoms with E-state index in [-0.39, 0.29) is 5.75 Å². The molecule has 1 atom stereocenters. The summed E-state index contributed by atoms with van der Waals surface area (Å²) in [4.78, 5) is 6.85. The van der Waals surface area contributed by atoms with Gasteiger partial charge in [0.1, 0.15) is 0 Å². The third-order valence-corrected chi connectivity index (χ3v) is 4.07. The normalized spacial score (nSPS) is 18.8. The summed E-state index contributed by atoms with van der Waals surface area (Å²) in [5.74, 6) is 0.771. The Morgan fingerprint density at radius 1 is 1.29 bits per heavy atom. The number of rotatable bonds is 4. The zero-order valence-electron chi connectivity index (χ0n) is 12.2. The lowest BCUT2D eigenvalue weighted by Gasteiger charge is -2.24. The molecular formula is C17H20N2O2. The molecule has 2 heterocycles. The number of hydrogen-bond acceptors (Lipinski definition) is 4. The maximum Gasteiger partial charge on any atom is 0.162 e. The second-order valence-corrected chi connectivity index (χ2v) is 5.35. The second kappa shape index (κ2) is 6.14. The monoisotopic (exact) mass is 284 g/mol. The van der Waals surface area contributed by atoms with Crippen LogP contribution in [0.2, 0.25) is 0 Å². The number of likely N-dealkylation sites (tertiary alicyclic amines) is 1. The van der Waals surface area contributed by atoms with Crippen molar-refractivity contribution in [2.45, 2.75) is 25.4 Å². The van der Waals surface area contributed by atoms with Crippen LogP contribution in [-0.2, 0) is 6.54 Å². The van der Waals surface area contributed by atoms with Crippen molar-refractivity contribution in [2.75, 3.05) is 13.7 Å². The van der Waals surface area contributed by atoms with Gasteiger partial charge in [-0.15, -0.1) is 0 Å². The van der Waals surface area contributed by atoms with Crippen molar-refractivity contribution >= 4 is 0 Å². The number of pyridine rings is 1. The third-order valence-electron chi connectivity index (χ3n) is 4.07. The molecule has 0 amide bonds. The summed E-state index contributed by atoms with van der Waals surface area (Å²) in [7, 11) is 1.57. The molecule has 0 saturated carbocycles. The average molecular weight is 284 g/mol. The fourth-order valence-corrected chi connectivity index (χ4v) is 3.00. The lowest BCUT2D eigenvalue weighted by atomic mass is 10.1. The average Bonchev–Trinajstić information content (AvgIpc) is 2.98. The van der Waals surface area contributed by atoms with Crippen molar-refractivity contribution in [1.82, 2.24) is 9.88 Å². The van der Waals surface area contributed by atoms with Gasteiger partial charge in [-0.1, -0.05) is 18.2 Å². The van der Waals surface area contributed by atoms with E-state index in [1.54, 1.807) is 13.2 Å². The fraction of sp³-hybridized carbons (Fsp3) is 0.353. The topological polar surface area (TPSA) is 45.6 Å². The molecule has 0 radical (unpaired) electrons. The molecule has 4 nitrogen and oxygen atoms in total. The first-order valence-electron chi connectivity index (χ1n) is 7.29. The molecule has 3 rings (SSSR count). The van der Waals surface area contributed by atoms with E-state index in [2.05, 4.69) is 16.0 Å². The fourth-order valence-electron chi connectivity index (χ4n) is 3.00. The van der Waals surface area contributed by atoms with Crippen LogP contribution in [0.15, 0.2) is 42.6 Å². The van der Waals surface area contributed by atoms with E-state index >= 15 is 0 Å². The molecule has 0 aliphatic carbocycles. The number of hydrogen-bond donors (Lipinski definition) is 1. The Hall–Kier alpha value is -2.07. The van der Waals surface area contributed by atoms with Gasteiger partial charge in [0, 0.05) is 18.3 Å². The molecule has 110 valence electrons. The number of phenolic OH excluding ortho intramolecular Hbond substituents is 1. The Labute approximate surface area is 125 Å². The lowest BCUT2D eigenvalue weighted by Crippen LogP contribution is -2.23. The number of aromatic nitrogens is 1. The van der Waals surface area contributed by atoms with Crippen molar-refractivity contribution in [3.05, 3.63) is 53.9 Å². The first kappa shape index (κ1) is 13.9. The molecule has 21 heavy (non-hydrogen) atoms. The van der Waals surface area contributed by atoms with Crippen LogP contribution in [0, 0.1) is 0 Å². The maximum absolute atomic E-state index is 10.2. The second-order valence-electron chi connectivity index (χ2n) is 5.35. The van der Waals surface area contributed by atoms with Gasteiger partial charge in [0.15, 0.2) is 11.5 Å². The minimum Gasteiger partial charge on any atom is -0.504 e. The Morgan fingerprint density at radius 2 is 2.19 bits per heavy atom. The van der Waals surface area contributed by atoms with Gasteiger partial charge in [-0.2, -0.15) is 0 Å². The van der Waals surface area contributed by atoms with Crippen LogP contribution in [0.1, 0.15) is 30.1 Å². The Bertz CT molecular complexity index is 601. The van der Waals surface area contributed by atoms with Crippen LogP contribution in [0.3, 0.4) is 0 Å². The highest BCUT2D eigenvalue weighted by Gasteiger charge is 2.27. The van der Waals surface area contributed by atoms with E-state index in [0.29, 0.717) is 18.3 Å². The summed E-state index contributed by atoms with van der Waals surface area (Å²) in [5.41, 5.74) is 2.01. The molecular weight excluding hydrogens is 264 g/mol. The van der Waals surface area contributed by atoms with Crippen molar-refractivity contribution in [3.8, 4) is 11.5 Å². The Balaban J connectivity index is 1.81. The van der Waals surface area contributed by atoms with E-state index in [9.17, 15) is 5.11 Å². The molecule has 1 aliphatic heterocycles. The van der Waals surface area contributed by atoms with Gasteiger partial charge < -0.3 is 9.84 Å². The van der Waals surface area contributed by atoms with Gasteiger partial charge in [-0.25, -0.2) is 0 Å². The molecule has 0 bridgehead atoms. The minimum atomic E-state index is 0.242. The highest BCUT2D eigenvalue weighted by atomic mass is 16.5. The summed E-state index contributed by atoms with van der Waals surface area (Å²) in [6.07, 6.45) is 4.11. The van der Waals surface area contributed by atoms with E-state index in [0.717, 1.165) is 30.6 Å². The minimum absolute atomic E-state index is 0.242. The first-order valence-corrected chi connectivity index (χ1v) is 7.29. The molecule has 2 aromatic rings. The molecule has 1 aromatic heterocycles. The summed E-state index contributed by atoms with van der Waals surface area (Å²) >= 11 is 0. The van der Waals surface area contributed by atoms with Gasteiger partial charge in [0.05, 0.1) is 18.8 Å². The van der Waals surface area contributed by atoms with Crippen molar-refractivity contribution < 1.29 is 9.84 Å². The van der Waals surface area contributed by atoms with Gasteiger partial charge in [-0.05, 0) is 37.6 Å². The maximum atomic E-state index is 10.2. The highest BCUT2D eigenvalue weighted by Crippen LogP contribution is 2.35. The van der Waals surface area contributed by atoms with Crippen LogP contribution in [-0.4, -0.2) is 28.6 Å². The van der Waals surface area contributed by atoms with Crippen molar-refractivity contribution in [1.29, 1.82) is 0 Å². The molecule has 4 heteroatoms. The summed E-state index contributed by atoms with van der Waals surface area (Å²) in [6.45, 7) is 1.74. The molecule has 0 spiro atoms. The van der Waals surface area contributed by atoms with E-state index in [1.807, 2.05) is 30.5 Å². The third kappa shape index (κ3) is 2.85. The SMILES string of the molecule is COc1cccc(CN2CCCC2c2ccccn2)c1O. The molecule has 1 aromatic carbocycles. The van der Waals surface area contributed by atoms with Crippen molar-refractivity contribution in [3.63, 3.8) is 0 Å². The van der Waals surface area contributed by atoms with E-state index in [4.69, 9.17) is 4.74 Å². The number of para-hydroxylation sites is 1. The quantitative estimate of drug-likeness (QED) is 0.937. The highest BCUT2D eigenvalue weighted by molar-refractivity contribution is 5.45. The predicted octanol–water partition coefficient (Wildman–Crippen LogP) is 3.13. The standard InChI is InChI=1S/C17H20N2O2/c1-21-16-9-4-6-13(17(16)20)12-19-11-5-8-15(19)14-7-2-3-10-18-14/h2-4,6-7,9-10,15,20H,5,8,11-12H2,1H3. The van der Waals surface area contributed by atoms with Crippen LogP contribution in [0.25, 0.3) is 0 Å². The van der Waals surface area contributed by atoms with Crippen LogP contribution in [0.4, 0.5) is 0 Å². The predicted molar refractivity (Wildman–Crippen MR) is 81.3 cm³/mol. The lowest BCUT2D eigenvalue weighted by molar-refractivity contribution is 0.240. The summed E-state index contributed by atoms with van der Waals surface area (Å²) < 4.78 is 5.18. The molecule has 1 fully saturated rings. The van der Waals surface area contributed by atoms with E-state index in [1.165, 1.54) is 0 Å². The Kier molecular flexibility index (Phi) is 4.06. The molecule has 1 saturated heterocycles. The number of aromatic hydroxyl groups is 1. The molecule has 1 N–H and O–H groups in total. The molecule has 1 aliphatic rings. The van der Waals surface area contributed by atoms with Crippen LogP contribution >= 0.6 is 0 Å². The van der Waals surface area contributed by atoms with Gasteiger partial charge in [0.2, 0.25) is 0 Å². The van der Waals surface area contributed by atoms with Gasteiger partial charge in [-0.3, -0.25) is 9.88 Å². The van der Waals surface area contributed by atoms with Crippen LogP contribution < -0.4 is 4.74 Å². The van der Waals surface area contributed by atoms with Crippen molar-refractivity contribution in [2.24, 2.45) is 0 Å². The number of ether oxygens (including phenoxy) is 1. The zero-order chi connectivity index (χ0) is 14.7. The first-order chi connectivity index (χ1) is 10.3. The zero-order valence-corrected chi connectivity index (χ0v) is 12.2. The van der Waals surface area contributed by atoms with Gasteiger partial charge in [0.25, 0.3) is 0 Å². The molecule has 1 unspecified atom stereocenters. The smallest absolute Gasteiger partial charge is 0.162 e. The number of methoxy groups -OCH3 is 1. The summed E-state index contributed by atoms with van der Waals surface area (Å²) in [6, 6.07) is 12.0. The number of phenols is 1. The van der Waals surface area contributed by atoms with Crippen LogP contribution in [0.5, 0.6) is 11.5 Å². The summed E-state index contributed by atoms with van der Waals surface area (Å²) in [5, 5.41) is 10.2. The number of nitrogens with zero attached hydrogens (tertiary/aromatic N) is 2.